The van der Waals surface area contributed by atoms with Crippen LogP contribution in [0.2, 0.25) is 0 Å². The van der Waals surface area contributed by atoms with Crippen LogP contribution < -0.4 is 0 Å². The van der Waals surface area contributed by atoms with Crippen molar-refractivity contribution < 1.29 is 18.0 Å². The second-order valence-corrected chi connectivity index (χ2v) is 3.88. The highest BCUT2D eigenvalue weighted by Crippen LogP contribution is 2.25. The van der Waals surface area contributed by atoms with Gasteiger partial charge in [-0.05, 0) is 18.6 Å². The molecule has 2 rings (SSSR count). The molecule has 0 aromatic heterocycles. The van der Waals surface area contributed by atoms with Gasteiger partial charge in [-0.2, -0.15) is 0 Å². The highest BCUT2D eigenvalue weighted by molar-refractivity contribution is 5.94. The maximum atomic E-state index is 13.5. The molecule has 0 fully saturated rings. The van der Waals surface area contributed by atoms with Crippen LogP contribution in [0.1, 0.15) is 17.3 Å². The van der Waals surface area contributed by atoms with Crippen LogP contribution in [-0.2, 0) is 0 Å². The molecule has 2 aromatic rings. The number of benzene rings is 2. The van der Waals surface area contributed by atoms with E-state index in [1.54, 1.807) is 0 Å². The first-order valence-corrected chi connectivity index (χ1v) is 5.25. The number of halogens is 3. The molecule has 0 N–H and O–H groups in total. The van der Waals surface area contributed by atoms with E-state index in [9.17, 15) is 18.0 Å². The molecular formula is C14H9F3O. The first-order valence-electron chi connectivity index (χ1n) is 5.25. The summed E-state index contributed by atoms with van der Waals surface area (Å²) in [6.07, 6.45) is 0. The lowest BCUT2D eigenvalue weighted by Crippen LogP contribution is -1.93. The number of Topliss-reactive ketones (excluding diaryl/α,β-unsaturated/α-hetero) is 1. The van der Waals surface area contributed by atoms with Crippen LogP contribution in [0.25, 0.3) is 11.1 Å². The molecule has 0 radical (unpaired) electrons. The molecule has 1 nitrogen and oxygen atoms in total. The molecule has 0 spiro atoms. The summed E-state index contributed by atoms with van der Waals surface area (Å²) in [4.78, 5) is 11.1. The molecular weight excluding hydrogens is 241 g/mol. The molecule has 0 amide bonds. The minimum atomic E-state index is -1.23. The number of carbonyl (C=O) groups is 1. The van der Waals surface area contributed by atoms with E-state index >= 15 is 0 Å². The van der Waals surface area contributed by atoms with Gasteiger partial charge in [0.2, 0.25) is 0 Å². The van der Waals surface area contributed by atoms with Crippen molar-refractivity contribution >= 4 is 5.78 Å². The van der Waals surface area contributed by atoms with E-state index in [-0.39, 0.29) is 11.3 Å². The minimum absolute atomic E-state index is 0.0380. The van der Waals surface area contributed by atoms with E-state index in [1.165, 1.54) is 31.2 Å². The van der Waals surface area contributed by atoms with Gasteiger partial charge in [-0.3, -0.25) is 4.79 Å². The molecule has 0 aliphatic rings. The summed E-state index contributed by atoms with van der Waals surface area (Å²) in [7, 11) is 0. The fourth-order valence-corrected chi connectivity index (χ4v) is 1.63. The molecule has 2 aromatic carbocycles. The third-order valence-electron chi connectivity index (χ3n) is 2.61. The van der Waals surface area contributed by atoms with Gasteiger partial charge in [0.15, 0.2) is 17.4 Å². The minimum Gasteiger partial charge on any atom is -0.295 e. The van der Waals surface area contributed by atoms with Gasteiger partial charge in [0, 0.05) is 17.2 Å². The quantitative estimate of drug-likeness (QED) is 0.582. The van der Waals surface area contributed by atoms with Crippen molar-refractivity contribution in [2.45, 2.75) is 6.92 Å². The smallest absolute Gasteiger partial charge is 0.161 e. The largest absolute Gasteiger partial charge is 0.295 e. The average Bonchev–Trinajstić information content (AvgIpc) is 2.34. The molecule has 0 bridgehead atoms. The normalized spacial score (nSPS) is 10.4. The van der Waals surface area contributed by atoms with Crippen molar-refractivity contribution in [2.75, 3.05) is 0 Å². The Labute approximate surface area is 102 Å². The maximum absolute atomic E-state index is 13.5. The monoisotopic (exact) mass is 250 g/mol. The van der Waals surface area contributed by atoms with Crippen LogP contribution in [0.3, 0.4) is 0 Å². The van der Waals surface area contributed by atoms with E-state index in [0.29, 0.717) is 17.2 Å². The van der Waals surface area contributed by atoms with Gasteiger partial charge in [-0.25, -0.2) is 13.2 Å². The standard InChI is InChI=1S/C14H9F3O/c1-8(18)9-2-4-10(5-3-9)11-6-13(16)14(17)7-12(11)15/h2-7H,1H3. The first-order chi connectivity index (χ1) is 8.49. The number of hydrogen-bond acceptors (Lipinski definition) is 1. The third-order valence-corrected chi connectivity index (χ3v) is 2.61. The molecule has 0 saturated carbocycles. The Morgan fingerprint density at radius 2 is 1.44 bits per heavy atom. The fraction of sp³-hybridized carbons (Fsp3) is 0.0714. The zero-order valence-corrected chi connectivity index (χ0v) is 9.51. The van der Waals surface area contributed by atoms with Crippen molar-refractivity contribution in [3.05, 3.63) is 59.4 Å². The third kappa shape index (κ3) is 2.27. The summed E-state index contributed by atoms with van der Waals surface area (Å²) >= 11 is 0. The Balaban J connectivity index is 2.49. The van der Waals surface area contributed by atoms with E-state index in [1.807, 2.05) is 0 Å². The van der Waals surface area contributed by atoms with Crippen LogP contribution in [0.15, 0.2) is 36.4 Å². The summed E-state index contributed by atoms with van der Waals surface area (Å²) in [6.45, 7) is 1.41. The molecule has 0 saturated heterocycles. The fourth-order valence-electron chi connectivity index (χ4n) is 1.63. The molecule has 0 atom stereocenters. The summed E-state index contributed by atoms with van der Waals surface area (Å²) in [5, 5.41) is 0. The Bertz CT molecular complexity index is 603. The highest BCUT2D eigenvalue weighted by atomic mass is 19.2. The Morgan fingerprint density at radius 1 is 0.889 bits per heavy atom. The Kier molecular flexibility index (Phi) is 3.19. The number of ketones is 1. The number of rotatable bonds is 2. The van der Waals surface area contributed by atoms with Gasteiger partial charge in [0.05, 0.1) is 0 Å². The molecule has 0 heterocycles. The SMILES string of the molecule is CC(=O)c1ccc(-c2cc(F)c(F)cc2F)cc1. The van der Waals surface area contributed by atoms with Crippen LogP contribution >= 0.6 is 0 Å². The highest BCUT2D eigenvalue weighted by Gasteiger charge is 2.11. The Morgan fingerprint density at radius 3 is 2.00 bits per heavy atom. The van der Waals surface area contributed by atoms with Crippen LogP contribution in [0.4, 0.5) is 13.2 Å². The van der Waals surface area contributed by atoms with Crippen molar-refractivity contribution in [3.63, 3.8) is 0 Å². The lowest BCUT2D eigenvalue weighted by molar-refractivity contribution is 0.101. The molecule has 0 unspecified atom stereocenters. The second kappa shape index (κ2) is 4.64. The number of carbonyl (C=O) groups excluding carboxylic acids is 1. The van der Waals surface area contributed by atoms with Gasteiger partial charge >= 0.3 is 0 Å². The summed E-state index contributed by atoms with van der Waals surface area (Å²) in [5.74, 6) is -3.30. The van der Waals surface area contributed by atoms with Crippen LogP contribution in [-0.4, -0.2) is 5.78 Å². The average molecular weight is 250 g/mol. The van der Waals surface area contributed by atoms with Gasteiger partial charge < -0.3 is 0 Å². The molecule has 18 heavy (non-hydrogen) atoms. The van der Waals surface area contributed by atoms with Gasteiger partial charge in [-0.1, -0.05) is 24.3 Å². The van der Waals surface area contributed by atoms with Crippen LogP contribution in [0.5, 0.6) is 0 Å². The summed E-state index contributed by atoms with van der Waals surface area (Å²) < 4.78 is 39.3. The van der Waals surface area contributed by atoms with E-state index < -0.39 is 17.5 Å². The lowest BCUT2D eigenvalue weighted by Gasteiger charge is -2.05. The van der Waals surface area contributed by atoms with E-state index in [4.69, 9.17) is 0 Å². The molecule has 4 heteroatoms. The zero-order chi connectivity index (χ0) is 13.3. The van der Waals surface area contributed by atoms with Gasteiger partial charge in [-0.15, -0.1) is 0 Å². The first kappa shape index (κ1) is 12.4. The maximum Gasteiger partial charge on any atom is 0.161 e. The predicted octanol–water partition coefficient (Wildman–Crippen LogP) is 3.97. The van der Waals surface area contributed by atoms with E-state index in [2.05, 4.69) is 0 Å². The van der Waals surface area contributed by atoms with Gasteiger partial charge in [0.1, 0.15) is 5.82 Å². The molecule has 92 valence electrons. The second-order valence-electron chi connectivity index (χ2n) is 3.88. The van der Waals surface area contributed by atoms with Crippen molar-refractivity contribution in [3.8, 4) is 11.1 Å². The predicted molar refractivity (Wildman–Crippen MR) is 61.8 cm³/mol. The topological polar surface area (TPSA) is 17.1 Å². The summed E-state index contributed by atoms with van der Waals surface area (Å²) in [6, 6.07) is 7.31. The molecule has 0 aliphatic carbocycles. The summed E-state index contributed by atoms with van der Waals surface area (Å²) in [5.41, 5.74) is 0.821. The van der Waals surface area contributed by atoms with Crippen molar-refractivity contribution in [1.29, 1.82) is 0 Å². The van der Waals surface area contributed by atoms with E-state index in [0.717, 1.165) is 6.07 Å². The Hall–Kier alpha value is -2.10. The van der Waals surface area contributed by atoms with Crippen molar-refractivity contribution in [2.24, 2.45) is 0 Å². The van der Waals surface area contributed by atoms with Crippen molar-refractivity contribution in [1.82, 2.24) is 0 Å². The van der Waals surface area contributed by atoms with Gasteiger partial charge in [0.25, 0.3) is 0 Å². The van der Waals surface area contributed by atoms with Crippen LogP contribution in [0, 0.1) is 17.5 Å². The number of hydrogen-bond donors (Lipinski definition) is 0. The molecule has 0 aliphatic heterocycles. The lowest BCUT2D eigenvalue weighted by atomic mass is 10.0. The zero-order valence-electron chi connectivity index (χ0n) is 9.51.